The Bertz CT molecular complexity index is 529. The van der Waals surface area contributed by atoms with Gasteiger partial charge in [0.1, 0.15) is 0 Å². The van der Waals surface area contributed by atoms with E-state index in [1.54, 1.807) is 17.8 Å². The van der Waals surface area contributed by atoms with Gasteiger partial charge in [-0.15, -0.1) is 11.8 Å². The minimum atomic E-state index is 0.726. The molecule has 4 heteroatoms. The lowest BCUT2D eigenvalue weighted by Crippen LogP contribution is -1.89. The van der Waals surface area contributed by atoms with Gasteiger partial charge in [-0.2, -0.15) is 0 Å². The molecule has 0 saturated heterocycles. The normalized spacial score (nSPS) is 10.5. The number of hydrogen-bond acceptors (Lipinski definition) is 2. The smallest absolute Gasteiger partial charge is 0.0541 e. The second-order valence-electron chi connectivity index (χ2n) is 3.57. The summed E-state index contributed by atoms with van der Waals surface area (Å²) in [4.78, 5) is 1.05. The summed E-state index contributed by atoms with van der Waals surface area (Å²) in [6.45, 7) is 0. The van der Waals surface area contributed by atoms with Crippen LogP contribution in [-0.4, -0.2) is 0 Å². The number of nitrogen functional groups attached to an aromatic ring is 1. The van der Waals surface area contributed by atoms with E-state index in [9.17, 15) is 0 Å². The molecule has 0 aliphatic carbocycles. The van der Waals surface area contributed by atoms with Gasteiger partial charge in [0.05, 0.1) is 5.02 Å². The molecular formula is C13H11Cl2NS. The first kappa shape index (κ1) is 12.6. The van der Waals surface area contributed by atoms with Crippen LogP contribution in [0.15, 0.2) is 47.4 Å². The molecule has 0 aliphatic heterocycles. The third-order valence-electron chi connectivity index (χ3n) is 2.29. The predicted octanol–water partition coefficient (Wildman–Crippen LogP) is 4.87. The summed E-state index contributed by atoms with van der Waals surface area (Å²) in [7, 11) is 0. The lowest BCUT2D eigenvalue weighted by atomic mass is 10.2. The third kappa shape index (κ3) is 3.32. The SMILES string of the molecule is Nc1ccc(Cl)c(CSc2ccccc2Cl)c1. The topological polar surface area (TPSA) is 26.0 Å². The standard InChI is InChI=1S/C13H11Cl2NS/c14-11-6-5-10(16)7-9(11)8-17-13-4-2-1-3-12(13)15/h1-7H,8,16H2. The molecule has 2 rings (SSSR count). The molecule has 88 valence electrons. The van der Waals surface area contributed by atoms with Crippen molar-refractivity contribution in [2.75, 3.05) is 5.73 Å². The Balaban J connectivity index is 2.12. The van der Waals surface area contributed by atoms with Crippen LogP contribution in [0, 0.1) is 0 Å². The molecule has 0 spiro atoms. The van der Waals surface area contributed by atoms with E-state index in [1.807, 2.05) is 36.4 Å². The minimum Gasteiger partial charge on any atom is -0.399 e. The van der Waals surface area contributed by atoms with Gasteiger partial charge in [0.25, 0.3) is 0 Å². The summed E-state index contributed by atoms with van der Waals surface area (Å²) in [6.07, 6.45) is 0. The van der Waals surface area contributed by atoms with Gasteiger partial charge in [-0.1, -0.05) is 35.3 Å². The average molecular weight is 284 g/mol. The van der Waals surface area contributed by atoms with Crippen LogP contribution < -0.4 is 5.73 Å². The van der Waals surface area contributed by atoms with Crippen LogP contribution in [0.4, 0.5) is 5.69 Å². The first-order chi connectivity index (χ1) is 8.16. The fraction of sp³-hybridized carbons (Fsp3) is 0.0769. The second-order valence-corrected chi connectivity index (χ2v) is 5.40. The molecule has 1 nitrogen and oxygen atoms in total. The van der Waals surface area contributed by atoms with E-state index in [-0.39, 0.29) is 0 Å². The van der Waals surface area contributed by atoms with E-state index in [4.69, 9.17) is 28.9 Å². The highest BCUT2D eigenvalue weighted by molar-refractivity contribution is 7.98. The quantitative estimate of drug-likeness (QED) is 0.643. The van der Waals surface area contributed by atoms with Gasteiger partial charge < -0.3 is 5.73 Å². The second kappa shape index (κ2) is 5.67. The number of thioether (sulfide) groups is 1. The highest BCUT2D eigenvalue weighted by atomic mass is 35.5. The van der Waals surface area contributed by atoms with Crippen molar-refractivity contribution < 1.29 is 0 Å². The average Bonchev–Trinajstić information content (AvgIpc) is 2.32. The Morgan fingerprint density at radius 1 is 1.00 bits per heavy atom. The van der Waals surface area contributed by atoms with Gasteiger partial charge in [0.2, 0.25) is 0 Å². The number of hydrogen-bond donors (Lipinski definition) is 1. The van der Waals surface area contributed by atoms with Crippen molar-refractivity contribution in [3.63, 3.8) is 0 Å². The Morgan fingerprint density at radius 2 is 1.76 bits per heavy atom. The van der Waals surface area contributed by atoms with Gasteiger partial charge in [-0.25, -0.2) is 0 Å². The Labute approximate surface area is 115 Å². The van der Waals surface area contributed by atoms with Crippen LogP contribution in [0.25, 0.3) is 0 Å². The molecule has 0 amide bonds. The van der Waals surface area contributed by atoms with E-state index in [0.29, 0.717) is 0 Å². The number of rotatable bonds is 3. The zero-order valence-electron chi connectivity index (χ0n) is 8.99. The lowest BCUT2D eigenvalue weighted by Gasteiger charge is -2.06. The maximum absolute atomic E-state index is 6.10. The number of nitrogens with two attached hydrogens (primary N) is 1. The minimum absolute atomic E-state index is 0.726. The molecular weight excluding hydrogens is 273 g/mol. The molecule has 2 N–H and O–H groups in total. The van der Waals surface area contributed by atoms with Crippen molar-refractivity contribution in [1.82, 2.24) is 0 Å². The summed E-state index contributed by atoms with van der Waals surface area (Å²) in [5.41, 5.74) is 7.48. The van der Waals surface area contributed by atoms with Gasteiger partial charge in [-0.3, -0.25) is 0 Å². The zero-order valence-corrected chi connectivity index (χ0v) is 11.3. The molecule has 0 radical (unpaired) electrons. The van der Waals surface area contributed by atoms with Gasteiger partial charge in [0, 0.05) is 21.4 Å². The highest BCUT2D eigenvalue weighted by Crippen LogP contribution is 2.31. The molecule has 0 bridgehead atoms. The third-order valence-corrected chi connectivity index (χ3v) is 4.22. The predicted molar refractivity (Wildman–Crippen MR) is 76.9 cm³/mol. The van der Waals surface area contributed by atoms with Crippen LogP contribution in [-0.2, 0) is 5.75 Å². The lowest BCUT2D eigenvalue weighted by molar-refractivity contribution is 1.38. The van der Waals surface area contributed by atoms with Crippen LogP contribution in [0.3, 0.4) is 0 Å². The highest BCUT2D eigenvalue weighted by Gasteiger charge is 2.04. The van der Waals surface area contributed by atoms with E-state index in [0.717, 1.165) is 31.9 Å². The molecule has 0 atom stereocenters. The molecule has 2 aromatic carbocycles. The van der Waals surface area contributed by atoms with Crippen molar-refractivity contribution in [3.05, 3.63) is 58.1 Å². The summed E-state index contributed by atoms with van der Waals surface area (Å²) >= 11 is 13.8. The molecule has 0 aromatic heterocycles. The van der Waals surface area contributed by atoms with Gasteiger partial charge in [0.15, 0.2) is 0 Å². The maximum atomic E-state index is 6.10. The van der Waals surface area contributed by atoms with Crippen molar-refractivity contribution in [1.29, 1.82) is 0 Å². The molecule has 0 saturated carbocycles. The molecule has 0 fully saturated rings. The molecule has 0 heterocycles. The van der Waals surface area contributed by atoms with Crippen LogP contribution in [0.1, 0.15) is 5.56 Å². The monoisotopic (exact) mass is 283 g/mol. The van der Waals surface area contributed by atoms with Crippen molar-refractivity contribution in [2.24, 2.45) is 0 Å². The zero-order chi connectivity index (χ0) is 12.3. The van der Waals surface area contributed by atoms with Gasteiger partial charge >= 0.3 is 0 Å². The Hall–Kier alpha value is -0.830. The van der Waals surface area contributed by atoms with Gasteiger partial charge in [-0.05, 0) is 35.9 Å². The van der Waals surface area contributed by atoms with Crippen LogP contribution in [0.2, 0.25) is 10.0 Å². The van der Waals surface area contributed by atoms with E-state index >= 15 is 0 Å². The summed E-state index contributed by atoms with van der Waals surface area (Å²) in [6, 6.07) is 13.3. The van der Waals surface area contributed by atoms with Crippen LogP contribution >= 0.6 is 35.0 Å². The maximum Gasteiger partial charge on any atom is 0.0541 e. The van der Waals surface area contributed by atoms with E-state index in [1.165, 1.54) is 0 Å². The largest absolute Gasteiger partial charge is 0.399 e. The molecule has 0 unspecified atom stereocenters. The summed E-state index contributed by atoms with van der Waals surface area (Å²) in [5.74, 6) is 0.758. The Kier molecular flexibility index (Phi) is 4.21. The van der Waals surface area contributed by atoms with Crippen molar-refractivity contribution in [2.45, 2.75) is 10.6 Å². The number of halogens is 2. The summed E-state index contributed by atoms with van der Waals surface area (Å²) in [5, 5.41) is 1.50. The first-order valence-corrected chi connectivity index (χ1v) is 6.82. The summed E-state index contributed by atoms with van der Waals surface area (Å²) < 4.78 is 0. The molecule has 2 aromatic rings. The van der Waals surface area contributed by atoms with E-state index < -0.39 is 0 Å². The van der Waals surface area contributed by atoms with Crippen molar-refractivity contribution >= 4 is 40.7 Å². The van der Waals surface area contributed by atoms with Crippen molar-refractivity contribution in [3.8, 4) is 0 Å². The van der Waals surface area contributed by atoms with Crippen LogP contribution in [0.5, 0.6) is 0 Å². The molecule has 0 aliphatic rings. The fourth-order valence-electron chi connectivity index (χ4n) is 1.42. The van der Waals surface area contributed by atoms with E-state index in [2.05, 4.69) is 0 Å². The Morgan fingerprint density at radius 3 is 2.53 bits per heavy atom. The molecule has 17 heavy (non-hydrogen) atoms. The number of benzene rings is 2. The first-order valence-electron chi connectivity index (χ1n) is 5.08. The number of anilines is 1. The fourth-order valence-corrected chi connectivity index (χ4v) is 2.92.